The second-order valence-electron chi connectivity index (χ2n) is 8.21. The van der Waals surface area contributed by atoms with Gasteiger partial charge in [0.05, 0.1) is 29.5 Å². The second-order valence-corrected chi connectivity index (χ2v) is 9.09. The normalized spacial score (nSPS) is 15.2. The number of rotatable bonds is 3. The molecule has 4 nitrogen and oxygen atoms in total. The Morgan fingerprint density at radius 2 is 1.66 bits per heavy atom. The van der Waals surface area contributed by atoms with Gasteiger partial charge in [-0.3, -0.25) is 0 Å². The van der Waals surface area contributed by atoms with Crippen molar-refractivity contribution in [1.29, 1.82) is 0 Å². The molecule has 5 rings (SSSR count). The minimum atomic E-state index is -4.59. The summed E-state index contributed by atoms with van der Waals surface area (Å²) in [7, 11) is 0. The van der Waals surface area contributed by atoms with Gasteiger partial charge in [0.25, 0.3) is 0 Å². The zero-order valence-electron chi connectivity index (χ0n) is 18.8. The Labute approximate surface area is 205 Å². The second kappa shape index (κ2) is 9.19. The Bertz CT molecular complexity index is 1360. The maximum atomic E-state index is 13.7. The molecule has 2 amide bonds. The Kier molecular flexibility index (Phi) is 6.06. The molecule has 0 saturated heterocycles. The van der Waals surface area contributed by atoms with Gasteiger partial charge in [0.2, 0.25) is 0 Å². The highest BCUT2D eigenvalue weighted by Gasteiger charge is 2.36. The lowest BCUT2D eigenvalue weighted by atomic mass is 10.0. The number of hydrogen-bond donors (Lipinski definition) is 1. The summed E-state index contributed by atoms with van der Waals surface area (Å²) in [6.07, 6.45) is -0.658. The van der Waals surface area contributed by atoms with Crippen molar-refractivity contribution < 1.29 is 18.0 Å². The number of benzene rings is 3. The summed E-state index contributed by atoms with van der Waals surface area (Å²) in [6.45, 7) is 0.229. The zero-order valence-corrected chi connectivity index (χ0v) is 19.6. The molecule has 35 heavy (non-hydrogen) atoms. The molecule has 0 saturated carbocycles. The van der Waals surface area contributed by atoms with E-state index in [4.69, 9.17) is 0 Å². The van der Waals surface area contributed by atoms with Gasteiger partial charge in [0, 0.05) is 16.8 Å². The van der Waals surface area contributed by atoms with Crippen molar-refractivity contribution in [1.82, 2.24) is 9.47 Å². The number of fused-ring (bicyclic) bond motifs is 3. The van der Waals surface area contributed by atoms with E-state index in [9.17, 15) is 18.0 Å². The molecular weight excluding hydrogens is 471 g/mol. The van der Waals surface area contributed by atoms with Crippen LogP contribution in [-0.2, 0) is 12.7 Å². The maximum Gasteiger partial charge on any atom is 0.418 e. The van der Waals surface area contributed by atoms with Gasteiger partial charge in [-0.15, -0.1) is 11.8 Å². The quantitative estimate of drug-likeness (QED) is 0.303. The van der Waals surface area contributed by atoms with Crippen molar-refractivity contribution in [2.45, 2.75) is 23.7 Å². The van der Waals surface area contributed by atoms with Crippen molar-refractivity contribution in [3.8, 4) is 5.69 Å². The van der Waals surface area contributed by atoms with Crippen LogP contribution in [0.15, 0.2) is 96.0 Å². The third-order valence-corrected chi connectivity index (χ3v) is 6.87. The van der Waals surface area contributed by atoms with Crippen LogP contribution in [0.25, 0.3) is 5.69 Å². The van der Waals surface area contributed by atoms with Crippen molar-refractivity contribution in [2.24, 2.45) is 0 Å². The van der Waals surface area contributed by atoms with Crippen molar-refractivity contribution in [2.75, 3.05) is 11.6 Å². The van der Waals surface area contributed by atoms with Crippen molar-refractivity contribution in [3.05, 3.63) is 114 Å². The Morgan fingerprint density at radius 1 is 0.943 bits per heavy atom. The monoisotopic (exact) mass is 493 g/mol. The Hall–Kier alpha value is -3.65. The summed E-state index contributed by atoms with van der Waals surface area (Å²) in [5.74, 6) is 0. The molecule has 1 unspecified atom stereocenters. The van der Waals surface area contributed by atoms with E-state index < -0.39 is 23.8 Å². The summed E-state index contributed by atoms with van der Waals surface area (Å²) >= 11 is 1.61. The van der Waals surface area contributed by atoms with E-state index >= 15 is 0 Å². The van der Waals surface area contributed by atoms with E-state index in [1.165, 1.54) is 18.2 Å². The third kappa shape index (κ3) is 4.41. The molecule has 3 aromatic carbocycles. The molecule has 1 aliphatic heterocycles. The number of carbonyl (C=O) groups excluding carboxylic acids is 1. The average Bonchev–Trinajstić information content (AvgIpc) is 3.28. The van der Waals surface area contributed by atoms with Crippen LogP contribution < -0.4 is 5.32 Å². The number of thioether (sulfide) groups is 1. The average molecular weight is 494 g/mol. The minimum Gasteiger partial charge on any atom is -0.318 e. The SMILES string of the molecule is CSc1ccc(C2c3cccn3-c3ccccc3CN2C(=O)Nc2ccccc2C(F)(F)F)cc1. The topological polar surface area (TPSA) is 37.3 Å². The van der Waals surface area contributed by atoms with E-state index in [0.717, 1.165) is 33.5 Å². The van der Waals surface area contributed by atoms with Crippen LogP contribution >= 0.6 is 11.8 Å². The Balaban J connectivity index is 1.62. The van der Waals surface area contributed by atoms with Gasteiger partial charge < -0.3 is 14.8 Å². The van der Waals surface area contributed by atoms with Crippen molar-refractivity contribution >= 4 is 23.5 Å². The number of nitrogens with zero attached hydrogens (tertiary/aromatic N) is 2. The van der Waals surface area contributed by atoms with E-state index in [1.807, 2.05) is 77.7 Å². The first-order valence-corrected chi connectivity index (χ1v) is 12.2. The molecule has 2 heterocycles. The largest absolute Gasteiger partial charge is 0.418 e. The fraction of sp³-hybridized carbons (Fsp3) is 0.148. The fourth-order valence-corrected chi connectivity index (χ4v) is 4.91. The molecule has 1 aromatic heterocycles. The summed E-state index contributed by atoms with van der Waals surface area (Å²) < 4.78 is 42.8. The van der Waals surface area contributed by atoms with E-state index in [1.54, 1.807) is 16.7 Å². The highest BCUT2D eigenvalue weighted by Crippen LogP contribution is 2.39. The predicted molar refractivity (Wildman–Crippen MR) is 132 cm³/mol. The number of aromatic nitrogens is 1. The molecule has 1 atom stereocenters. The molecule has 4 aromatic rings. The van der Waals surface area contributed by atoms with E-state index in [0.29, 0.717) is 0 Å². The number of urea groups is 1. The van der Waals surface area contributed by atoms with Gasteiger partial charge in [-0.1, -0.05) is 42.5 Å². The first-order chi connectivity index (χ1) is 16.9. The van der Waals surface area contributed by atoms with Gasteiger partial charge in [0.15, 0.2) is 0 Å². The highest BCUT2D eigenvalue weighted by molar-refractivity contribution is 7.98. The van der Waals surface area contributed by atoms with Crippen LogP contribution in [-0.4, -0.2) is 21.8 Å². The number of amides is 2. The number of anilines is 1. The molecule has 0 bridgehead atoms. The maximum absolute atomic E-state index is 13.7. The standard InChI is InChI=1S/C27H22F3N3OS/c1-35-20-14-12-18(13-15-20)25-24-11-6-16-32(24)23-10-5-2-7-19(23)17-33(25)26(34)31-22-9-4-3-8-21(22)27(28,29)30/h2-16,25H,17H2,1H3,(H,31,34). The summed E-state index contributed by atoms with van der Waals surface area (Å²) in [5, 5.41) is 2.54. The van der Waals surface area contributed by atoms with Crippen LogP contribution in [0.5, 0.6) is 0 Å². The first-order valence-electron chi connectivity index (χ1n) is 11.0. The van der Waals surface area contributed by atoms with E-state index in [-0.39, 0.29) is 12.2 Å². The van der Waals surface area contributed by atoms with Gasteiger partial charge >= 0.3 is 12.2 Å². The van der Waals surface area contributed by atoms with Gasteiger partial charge in [0.1, 0.15) is 0 Å². The highest BCUT2D eigenvalue weighted by atomic mass is 32.2. The molecule has 1 aliphatic rings. The molecular formula is C27H22F3N3OS. The molecule has 178 valence electrons. The van der Waals surface area contributed by atoms with E-state index in [2.05, 4.69) is 5.32 Å². The lowest BCUT2D eigenvalue weighted by Crippen LogP contribution is -2.38. The number of alkyl halides is 3. The Morgan fingerprint density at radius 3 is 2.40 bits per heavy atom. The van der Waals surface area contributed by atoms with Gasteiger partial charge in [-0.25, -0.2) is 4.79 Å². The molecule has 0 fully saturated rings. The smallest absolute Gasteiger partial charge is 0.318 e. The van der Waals surface area contributed by atoms with Crippen molar-refractivity contribution in [3.63, 3.8) is 0 Å². The summed E-state index contributed by atoms with van der Waals surface area (Å²) in [5.41, 5.74) is 2.40. The molecule has 0 aliphatic carbocycles. The number of carbonyl (C=O) groups is 1. The van der Waals surface area contributed by atoms with Crippen LogP contribution in [0, 0.1) is 0 Å². The lowest BCUT2D eigenvalue weighted by Gasteiger charge is -2.31. The fourth-order valence-electron chi connectivity index (χ4n) is 4.50. The van der Waals surface area contributed by atoms with Crippen LogP contribution in [0.4, 0.5) is 23.7 Å². The number of nitrogens with one attached hydrogen (secondary N) is 1. The molecule has 0 spiro atoms. The number of hydrogen-bond acceptors (Lipinski definition) is 2. The minimum absolute atomic E-state index is 0.229. The molecule has 1 N–H and O–H groups in total. The zero-order chi connectivity index (χ0) is 24.6. The van der Waals surface area contributed by atoms with Crippen LogP contribution in [0.3, 0.4) is 0 Å². The third-order valence-electron chi connectivity index (χ3n) is 6.13. The van der Waals surface area contributed by atoms with Gasteiger partial charge in [-0.05, 0) is 59.8 Å². The lowest BCUT2D eigenvalue weighted by molar-refractivity contribution is -0.136. The number of para-hydroxylation sites is 2. The predicted octanol–water partition coefficient (Wildman–Crippen LogP) is 7.36. The summed E-state index contributed by atoms with van der Waals surface area (Å²) in [4.78, 5) is 16.4. The van der Waals surface area contributed by atoms with Gasteiger partial charge in [-0.2, -0.15) is 13.2 Å². The van der Waals surface area contributed by atoms with Crippen LogP contribution in [0.1, 0.15) is 28.4 Å². The van der Waals surface area contributed by atoms with Crippen LogP contribution in [0.2, 0.25) is 0 Å². The molecule has 8 heteroatoms. The summed E-state index contributed by atoms with van der Waals surface area (Å²) in [6, 6.07) is 23.4. The first kappa shape index (κ1) is 23.1. The molecule has 0 radical (unpaired) electrons. The number of halogens is 3.